The molecule has 0 aliphatic carbocycles. The number of benzene rings is 8. The summed E-state index contributed by atoms with van der Waals surface area (Å²) < 4.78 is 90.9. The third kappa shape index (κ3) is 13.9. The first-order valence-corrected chi connectivity index (χ1v) is 32.2. The van der Waals surface area contributed by atoms with Gasteiger partial charge in [-0.25, -0.2) is 16.8 Å². The second-order valence-corrected chi connectivity index (χ2v) is 25.1. The molecule has 8 aromatic carbocycles. The van der Waals surface area contributed by atoms with Crippen molar-refractivity contribution in [2.24, 2.45) is 0 Å². The van der Waals surface area contributed by atoms with E-state index < -0.39 is 19.7 Å². The Balaban J connectivity index is 0.746. The molecule has 2 aliphatic rings. The maximum atomic E-state index is 13.7. The highest BCUT2D eigenvalue weighted by Gasteiger charge is 2.34. The van der Waals surface area contributed by atoms with Crippen LogP contribution in [0.5, 0.6) is 11.5 Å². The molecule has 11 rings (SSSR count). The van der Waals surface area contributed by atoms with Crippen LogP contribution in [0.1, 0.15) is 84.0 Å². The molecule has 0 radical (unpaired) electrons. The maximum absolute atomic E-state index is 13.7. The van der Waals surface area contributed by atoms with E-state index >= 15 is 0 Å². The van der Waals surface area contributed by atoms with Crippen molar-refractivity contribution in [3.8, 4) is 81.1 Å². The second kappa shape index (κ2) is 27.1. The first-order chi connectivity index (χ1) is 41.5. The van der Waals surface area contributed by atoms with Gasteiger partial charge in [0.2, 0.25) is 19.7 Å². The SMILES string of the molecule is CCCCOCCOCCOc1ccc(C#Cc2ccc3c(c2)-c2cc(C#Cc4ccc5sc6ccc(C#Cc7ccc8c(c7)-c7cc(C#Cc9ccc(OCCOCCOCCCC)cc9)ccc7S8(=O)=O)cc6c5c4)ccc2S3(=O)=O)cc1. The lowest BCUT2D eigenvalue weighted by Gasteiger charge is -2.07. The molecule has 0 N–H and O–H groups in total. The summed E-state index contributed by atoms with van der Waals surface area (Å²) in [4.78, 5) is 0.995. The fourth-order valence-electron chi connectivity index (χ4n) is 9.80. The number of rotatable bonds is 20. The predicted molar refractivity (Wildman–Crippen MR) is 335 cm³/mol. The molecule has 0 spiro atoms. The number of sulfone groups is 2. The first kappa shape index (κ1) is 58.3. The summed E-state index contributed by atoms with van der Waals surface area (Å²) in [5.74, 6) is 27.5. The Morgan fingerprint density at radius 1 is 0.318 bits per heavy atom. The van der Waals surface area contributed by atoms with Crippen LogP contribution in [0.4, 0.5) is 0 Å². The van der Waals surface area contributed by atoms with Gasteiger partial charge in [0.25, 0.3) is 0 Å². The van der Waals surface area contributed by atoms with Gasteiger partial charge in [-0.1, -0.05) is 74.1 Å². The van der Waals surface area contributed by atoms with E-state index in [9.17, 15) is 16.8 Å². The van der Waals surface area contributed by atoms with Gasteiger partial charge in [-0.3, -0.25) is 0 Å². The van der Waals surface area contributed by atoms with Crippen molar-refractivity contribution < 1.29 is 45.3 Å². The molecule has 1 aromatic heterocycles. The summed E-state index contributed by atoms with van der Waals surface area (Å²) in [6.07, 6.45) is 4.32. The van der Waals surface area contributed by atoms with Crippen molar-refractivity contribution in [1.82, 2.24) is 0 Å². The molecule has 426 valence electrons. The van der Waals surface area contributed by atoms with Crippen LogP contribution in [-0.4, -0.2) is 82.9 Å². The lowest BCUT2D eigenvalue weighted by Crippen LogP contribution is -2.11. The van der Waals surface area contributed by atoms with Gasteiger partial charge in [0.15, 0.2) is 0 Å². The zero-order valence-corrected chi connectivity index (χ0v) is 49.7. The van der Waals surface area contributed by atoms with E-state index in [4.69, 9.17) is 28.4 Å². The van der Waals surface area contributed by atoms with E-state index in [2.05, 4.69) is 85.5 Å². The molecule has 0 saturated heterocycles. The Labute approximate surface area is 501 Å². The van der Waals surface area contributed by atoms with Crippen molar-refractivity contribution in [2.45, 2.75) is 59.1 Å². The zero-order valence-electron chi connectivity index (χ0n) is 47.2. The summed E-state index contributed by atoms with van der Waals surface area (Å²) in [7, 11) is -7.44. The van der Waals surface area contributed by atoms with Crippen LogP contribution in [0, 0.1) is 47.4 Å². The topological polar surface area (TPSA) is 124 Å². The standard InChI is InChI=1S/C72H60O10S3/c1-3-5-35-77-37-39-79-41-43-81-59-25-15-51(16-26-59)7-9-55-21-31-69-63(47-55)65-49-57(23-33-71(65)84(69,73)74)13-11-53-19-29-67-61(45-53)62-46-54(20-30-68(62)83-67)12-14-58-24-34-72-66(50-58)64-48-56(22-32-70(64)85(72,75)76)10-8-52-17-27-60(28-18-52)82-44-42-80-40-38-78-36-6-4-2/h15-34,45-50H,3-6,35-44H2,1-2H3. The lowest BCUT2D eigenvalue weighted by molar-refractivity contribution is 0.0356. The molecule has 0 fully saturated rings. The van der Waals surface area contributed by atoms with Crippen molar-refractivity contribution in [3.05, 3.63) is 202 Å². The first-order valence-electron chi connectivity index (χ1n) is 28.4. The van der Waals surface area contributed by atoms with Crippen LogP contribution < -0.4 is 9.47 Å². The number of thiophene rings is 1. The minimum atomic E-state index is -3.72. The molecule has 0 unspecified atom stereocenters. The molecule has 10 nitrogen and oxygen atoms in total. The minimum Gasteiger partial charge on any atom is -0.491 e. The van der Waals surface area contributed by atoms with E-state index in [1.165, 1.54) is 0 Å². The van der Waals surface area contributed by atoms with Crippen molar-refractivity contribution in [2.75, 3.05) is 66.1 Å². The minimum absolute atomic E-state index is 0.248. The van der Waals surface area contributed by atoms with E-state index in [-0.39, 0.29) is 19.6 Å². The fraction of sp³-hybridized carbons (Fsp3) is 0.222. The number of hydrogen-bond donors (Lipinski definition) is 0. The Kier molecular flexibility index (Phi) is 18.6. The molecule has 0 saturated carbocycles. The smallest absolute Gasteiger partial charge is 0.207 e. The Morgan fingerprint density at radius 2 is 0.588 bits per heavy atom. The highest BCUT2D eigenvalue weighted by molar-refractivity contribution is 7.92. The molecule has 0 bridgehead atoms. The van der Waals surface area contributed by atoms with E-state index in [1.807, 2.05) is 84.9 Å². The van der Waals surface area contributed by atoms with E-state index in [1.54, 1.807) is 59.9 Å². The lowest BCUT2D eigenvalue weighted by atomic mass is 10.0. The van der Waals surface area contributed by atoms with E-state index in [0.717, 1.165) is 92.8 Å². The number of hydrogen-bond acceptors (Lipinski definition) is 11. The van der Waals surface area contributed by atoms with Crippen molar-refractivity contribution >= 4 is 51.2 Å². The Hall–Kier alpha value is -8.44. The second-order valence-electron chi connectivity index (χ2n) is 20.3. The van der Waals surface area contributed by atoms with Gasteiger partial charge in [0.05, 0.1) is 59.2 Å². The molecule has 2 aliphatic heterocycles. The molecule has 0 amide bonds. The molecule has 0 atom stereocenters. The largest absolute Gasteiger partial charge is 0.491 e. The van der Waals surface area contributed by atoms with Crippen LogP contribution >= 0.6 is 11.3 Å². The molecule has 3 heterocycles. The van der Waals surface area contributed by atoms with Gasteiger partial charge in [0.1, 0.15) is 24.7 Å². The molecular formula is C72H60O10S3. The molecule has 13 heteroatoms. The summed E-state index contributed by atoms with van der Waals surface area (Å²) in [5, 5.41) is 2.09. The van der Waals surface area contributed by atoms with Crippen molar-refractivity contribution in [3.63, 3.8) is 0 Å². The van der Waals surface area contributed by atoms with Gasteiger partial charge >= 0.3 is 0 Å². The normalized spacial score (nSPS) is 12.7. The monoisotopic (exact) mass is 1180 g/mol. The summed E-state index contributed by atoms with van der Waals surface area (Å²) in [6, 6.07) is 48.2. The predicted octanol–water partition coefficient (Wildman–Crippen LogP) is 13.7. The van der Waals surface area contributed by atoms with Crippen LogP contribution in [0.2, 0.25) is 0 Å². The fourth-order valence-corrected chi connectivity index (χ4v) is 14.2. The quantitative estimate of drug-likeness (QED) is 0.0538. The van der Waals surface area contributed by atoms with Gasteiger partial charge in [0, 0.05) is 100 Å². The third-order valence-corrected chi connectivity index (χ3v) is 19.2. The van der Waals surface area contributed by atoms with Gasteiger partial charge in [-0.2, -0.15) is 0 Å². The average Bonchev–Trinajstić information content (AvgIpc) is 1.79. The van der Waals surface area contributed by atoms with Crippen LogP contribution in [0.25, 0.3) is 42.4 Å². The molecule has 85 heavy (non-hydrogen) atoms. The number of fused-ring (bicyclic) bond motifs is 9. The van der Waals surface area contributed by atoms with Crippen LogP contribution in [0.3, 0.4) is 0 Å². The van der Waals surface area contributed by atoms with Crippen LogP contribution in [-0.2, 0) is 38.6 Å². The third-order valence-electron chi connectivity index (χ3n) is 14.3. The highest BCUT2D eigenvalue weighted by Crippen LogP contribution is 2.45. The average molecular weight is 1180 g/mol. The number of unbranched alkanes of at least 4 members (excludes halogenated alkanes) is 2. The molecular weight excluding hydrogens is 1120 g/mol. The molecule has 9 aromatic rings. The number of ether oxygens (including phenoxy) is 6. The van der Waals surface area contributed by atoms with Crippen molar-refractivity contribution in [1.29, 1.82) is 0 Å². The van der Waals surface area contributed by atoms with Crippen LogP contribution in [0.15, 0.2) is 177 Å². The van der Waals surface area contributed by atoms with E-state index in [0.29, 0.717) is 97.4 Å². The Morgan fingerprint density at radius 3 is 0.918 bits per heavy atom. The zero-order chi connectivity index (χ0) is 58.6. The Bertz CT molecular complexity index is 4170. The summed E-state index contributed by atoms with van der Waals surface area (Å²) in [5.41, 5.74) is 8.33. The van der Waals surface area contributed by atoms with Gasteiger partial charge in [-0.05, 0) is 171 Å². The summed E-state index contributed by atoms with van der Waals surface area (Å²) >= 11 is 1.69. The summed E-state index contributed by atoms with van der Waals surface area (Å²) in [6.45, 7) is 9.79. The van der Waals surface area contributed by atoms with Gasteiger partial charge < -0.3 is 28.4 Å². The van der Waals surface area contributed by atoms with Gasteiger partial charge in [-0.15, -0.1) is 11.3 Å². The maximum Gasteiger partial charge on any atom is 0.207 e. The highest BCUT2D eigenvalue weighted by atomic mass is 32.2.